The zero-order valence-corrected chi connectivity index (χ0v) is 13.3. The van der Waals surface area contributed by atoms with Crippen LogP contribution in [0.3, 0.4) is 0 Å². The van der Waals surface area contributed by atoms with Crippen molar-refractivity contribution in [1.29, 1.82) is 0 Å². The topological polar surface area (TPSA) is 98.9 Å². The van der Waals surface area contributed by atoms with E-state index in [9.17, 15) is 9.59 Å². The van der Waals surface area contributed by atoms with Gasteiger partial charge in [0.25, 0.3) is 5.91 Å². The molecule has 0 aliphatic heterocycles. The van der Waals surface area contributed by atoms with Crippen LogP contribution in [0.2, 0.25) is 0 Å². The number of carboxylic acid groups (broad SMARTS) is 1. The van der Waals surface area contributed by atoms with Crippen molar-refractivity contribution in [2.24, 2.45) is 5.73 Å². The van der Waals surface area contributed by atoms with Crippen LogP contribution in [-0.4, -0.2) is 31.2 Å². The SMILES string of the molecule is COc1ccc(C(N)=O)c(OC)c1.Cc1ccsc1C(=O)O. The first-order valence-corrected chi connectivity index (χ1v) is 7.07. The lowest BCUT2D eigenvalue weighted by atomic mass is 10.2. The van der Waals surface area contributed by atoms with Gasteiger partial charge in [-0.25, -0.2) is 4.79 Å². The highest BCUT2D eigenvalue weighted by molar-refractivity contribution is 7.12. The number of thiophene rings is 1. The number of hydrogen-bond donors (Lipinski definition) is 2. The molecule has 3 N–H and O–H groups in total. The first kappa shape index (κ1) is 17.5. The number of aromatic carboxylic acids is 1. The maximum absolute atomic E-state index is 10.9. The lowest BCUT2D eigenvalue weighted by Crippen LogP contribution is -2.12. The molecule has 22 heavy (non-hydrogen) atoms. The Labute approximate surface area is 132 Å². The number of carbonyl (C=O) groups is 2. The van der Waals surface area contributed by atoms with Crippen molar-refractivity contribution in [2.45, 2.75) is 6.92 Å². The number of methoxy groups -OCH3 is 2. The number of amides is 1. The van der Waals surface area contributed by atoms with Gasteiger partial charge in [0, 0.05) is 6.07 Å². The van der Waals surface area contributed by atoms with Gasteiger partial charge in [0.05, 0.1) is 19.8 Å². The molecule has 1 aromatic carbocycles. The van der Waals surface area contributed by atoms with Crippen molar-refractivity contribution in [3.63, 3.8) is 0 Å². The number of carboxylic acids is 1. The van der Waals surface area contributed by atoms with Crippen molar-refractivity contribution in [1.82, 2.24) is 0 Å². The summed E-state index contributed by atoms with van der Waals surface area (Å²) < 4.78 is 9.93. The minimum Gasteiger partial charge on any atom is -0.497 e. The Bertz CT molecular complexity index is 666. The molecular formula is C15H17NO5S. The number of primary amides is 1. The van der Waals surface area contributed by atoms with Gasteiger partial charge in [0.15, 0.2) is 0 Å². The van der Waals surface area contributed by atoms with E-state index < -0.39 is 11.9 Å². The zero-order valence-electron chi connectivity index (χ0n) is 12.5. The van der Waals surface area contributed by atoms with E-state index in [4.69, 9.17) is 20.3 Å². The van der Waals surface area contributed by atoms with Gasteiger partial charge in [-0.15, -0.1) is 11.3 Å². The zero-order chi connectivity index (χ0) is 16.7. The Morgan fingerprint density at radius 3 is 2.23 bits per heavy atom. The van der Waals surface area contributed by atoms with Gasteiger partial charge >= 0.3 is 5.97 Å². The third kappa shape index (κ3) is 4.49. The van der Waals surface area contributed by atoms with Gasteiger partial charge in [-0.2, -0.15) is 0 Å². The summed E-state index contributed by atoms with van der Waals surface area (Å²) in [5.74, 6) is -0.296. The van der Waals surface area contributed by atoms with Gasteiger partial charge < -0.3 is 20.3 Å². The van der Waals surface area contributed by atoms with E-state index >= 15 is 0 Å². The second kappa shape index (κ2) is 8.04. The van der Waals surface area contributed by atoms with Crippen LogP contribution in [-0.2, 0) is 0 Å². The molecule has 1 amide bonds. The van der Waals surface area contributed by atoms with Crippen molar-refractivity contribution < 1.29 is 24.2 Å². The first-order chi connectivity index (χ1) is 10.4. The largest absolute Gasteiger partial charge is 0.497 e. The van der Waals surface area contributed by atoms with Crippen LogP contribution in [0.5, 0.6) is 11.5 Å². The molecule has 0 atom stereocenters. The predicted octanol–water partition coefficient (Wildman–Crippen LogP) is 2.56. The number of aryl methyl sites for hydroxylation is 1. The molecule has 1 heterocycles. The molecule has 0 saturated heterocycles. The Kier molecular flexibility index (Phi) is 6.40. The van der Waals surface area contributed by atoms with E-state index in [-0.39, 0.29) is 0 Å². The van der Waals surface area contributed by atoms with Crippen LogP contribution in [0.1, 0.15) is 25.6 Å². The van der Waals surface area contributed by atoms with Gasteiger partial charge in [-0.3, -0.25) is 4.79 Å². The highest BCUT2D eigenvalue weighted by atomic mass is 32.1. The van der Waals surface area contributed by atoms with Crippen LogP contribution in [0, 0.1) is 6.92 Å². The lowest BCUT2D eigenvalue weighted by Gasteiger charge is -2.06. The summed E-state index contributed by atoms with van der Waals surface area (Å²) >= 11 is 1.26. The molecule has 2 rings (SSSR count). The van der Waals surface area contributed by atoms with Crippen molar-refractivity contribution in [3.8, 4) is 11.5 Å². The highest BCUT2D eigenvalue weighted by Crippen LogP contribution is 2.23. The van der Waals surface area contributed by atoms with Gasteiger partial charge in [-0.05, 0) is 36.1 Å². The lowest BCUT2D eigenvalue weighted by molar-refractivity contribution is 0.0701. The average molecular weight is 323 g/mol. The quantitative estimate of drug-likeness (QED) is 0.901. The Morgan fingerprint density at radius 2 is 1.86 bits per heavy atom. The summed E-state index contributed by atoms with van der Waals surface area (Å²) in [6, 6.07) is 6.64. The van der Waals surface area contributed by atoms with E-state index in [0.29, 0.717) is 21.9 Å². The summed E-state index contributed by atoms with van der Waals surface area (Å²) in [5, 5.41) is 10.2. The molecule has 0 spiro atoms. The Morgan fingerprint density at radius 1 is 1.18 bits per heavy atom. The normalized spacial score (nSPS) is 9.41. The predicted molar refractivity (Wildman–Crippen MR) is 84.1 cm³/mol. The first-order valence-electron chi connectivity index (χ1n) is 6.20. The number of nitrogens with two attached hydrogens (primary N) is 1. The minimum atomic E-state index is -0.831. The van der Waals surface area contributed by atoms with Crippen LogP contribution in [0.4, 0.5) is 0 Å². The molecule has 0 unspecified atom stereocenters. The smallest absolute Gasteiger partial charge is 0.346 e. The van der Waals surface area contributed by atoms with Crippen molar-refractivity contribution >= 4 is 23.2 Å². The molecule has 2 aromatic rings. The number of ether oxygens (including phenoxy) is 2. The molecule has 0 fully saturated rings. The van der Waals surface area contributed by atoms with Gasteiger partial charge in [-0.1, -0.05) is 0 Å². The molecule has 0 radical (unpaired) electrons. The Balaban J connectivity index is 0.000000235. The summed E-state index contributed by atoms with van der Waals surface area (Å²) in [4.78, 5) is 21.6. The molecule has 118 valence electrons. The van der Waals surface area contributed by atoms with Gasteiger partial charge in [0.1, 0.15) is 16.4 Å². The van der Waals surface area contributed by atoms with E-state index in [1.54, 1.807) is 43.7 Å². The van der Waals surface area contributed by atoms with Crippen LogP contribution in [0.25, 0.3) is 0 Å². The van der Waals surface area contributed by atoms with E-state index in [2.05, 4.69) is 0 Å². The summed E-state index contributed by atoms with van der Waals surface area (Å²) in [6.07, 6.45) is 0. The third-order valence-electron chi connectivity index (χ3n) is 2.73. The van der Waals surface area contributed by atoms with E-state index in [0.717, 1.165) is 5.56 Å². The molecule has 0 bridgehead atoms. The molecule has 0 saturated carbocycles. The van der Waals surface area contributed by atoms with Crippen LogP contribution >= 0.6 is 11.3 Å². The number of carbonyl (C=O) groups excluding carboxylic acids is 1. The summed E-state index contributed by atoms with van der Waals surface area (Å²) in [7, 11) is 3.01. The summed E-state index contributed by atoms with van der Waals surface area (Å²) in [5.41, 5.74) is 6.31. The second-order valence-electron chi connectivity index (χ2n) is 4.17. The number of benzene rings is 1. The fourth-order valence-electron chi connectivity index (χ4n) is 1.59. The van der Waals surface area contributed by atoms with Crippen molar-refractivity contribution in [2.75, 3.05) is 14.2 Å². The van der Waals surface area contributed by atoms with E-state index in [1.807, 2.05) is 0 Å². The van der Waals surface area contributed by atoms with Crippen LogP contribution < -0.4 is 15.2 Å². The fraction of sp³-hybridized carbons (Fsp3) is 0.200. The standard InChI is InChI=1S/C9H11NO3.C6H6O2S/c1-12-6-3-4-7(9(10)11)8(5-6)13-2;1-4-2-3-9-5(4)6(7)8/h3-5H,1-2H3,(H2,10,11);2-3H,1H3,(H,7,8). The fourth-order valence-corrected chi connectivity index (χ4v) is 2.36. The number of rotatable bonds is 4. The molecular weight excluding hydrogens is 306 g/mol. The number of hydrogen-bond acceptors (Lipinski definition) is 5. The Hall–Kier alpha value is -2.54. The summed E-state index contributed by atoms with van der Waals surface area (Å²) in [6.45, 7) is 1.79. The second-order valence-corrected chi connectivity index (χ2v) is 5.08. The van der Waals surface area contributed by atoms with Gasteiger partial charge in [0.2, 0.25) is 0 Å². The third-order valence-corrected chi connectivity index (χ3v) is 3.73. The highest BCUT2D eigenvalue weighted by Gasteiger charge is 2.09. The van der Waals surface area contributed by atoms with E-state index in [1.165, 1.54) is 18.4 Å². The van der Waals surface area contributed by atoms with Crippen molar-refractivity contribution in [3.05, 3.63) is 45.6 Å². The monoisotopic (exact) mass is 323 g/mol. The molecule has 6 nitrogen and oxygen atoms in total. The molecule has 0 aliphatic rings. The van der Waals surface area contributed by atoms with Crippen LogP contribution in [0.15, 0.2) is 29.6 Å². The molecule has 1 aromatic heterocycles. The average Bonchev–Trinajstić information content (AvgIpc) is 2.93. The maximum Gasteiger partial charge on any atom is 0.346 e. The minimum absolute atomic E-state index is 0.350. The molecule has 7 heteroatoms. The maximum atomic E-state index is 10.9. The molecule has 0 aliphatic carbocycles.